The fraction of sp³-hybridized carbons (Fsp3) is 0.292. The maximum Gasteiger partial charge on any atom is 0.325 e. The van der Waals surface area contributed by atoms with Crippen LogP contribution >= 0.6 is 23.8 Å². The molecule has 3 heterocycles. The molecule has 3 aromatic rings. The highest BCUT2D eigenvalue weighted by atomic mass is 35.5. The molecule has 2 aromatic heterocycles. The van der Waals surface area contributed by atoms with E-state index in [9.17, 15) is 4.79 Å². The van der Waals surface area contributed by atoms with Gasteiger partial charge in [-0.2, -0.15) is 0 Å². The zero-order chi connectivity index (χ0) is 22.8. The van der Waals surface area contributed by atoms with Gasteiger partial charge in [0.2, 0.25) is 0 Å². The van der Waals surface area contributed by atoms with Gasteiger partial charge in [0, 0.05) is 28.3 Å². The predicted octanol–water partition coefficient (Wildman–Crippen LogP) is 4.68. The number of pyridine rings is 1. The van der Waals surface area contributed by atoms with Crippen molar-refractivity contribution >= 4 is 34.9 Å². The summed E-state index contributed by atoms with van der Waals surface area (Å²) in [4.78, 5) is 18.9. The second-order valence-electron chi connectivity index (χ2n) is 7.70. The van der Waals surface area contributed by atoms with E-state index in [4.69, 9.17) is 28.6 Å². The molecule has 2 unspecified atom stereocenters. The van der Waals surface area contributed by atoms with Crippen molar-refractivity contribution in [3.05, 3.63) is 82.4 Å². The number of carbonyl (C=O) groups is 1. The summed E-state index contributed by atoms with van der Waals surface area (Å²) in [5.74, 6) is -0.313. The first-order valence-electron chi connectivity index (χ1n) is 10.5. The third-order valence-electron chi connectivity index (χ3n) is 5.66. The summed E-state index contributed by atoms with van der Waals surface area (Å²) in [5, 5.41) is 4.56. The molecule has 1 aromatic carbocycles. The first kappa shape index (κ1) is 22.3. The lowest BCUT2D eigenvalue weighted by Crippen LogP contribution is -2.35. The molecule has 32 heavy (non-hydrogen) atoms. The molecule has 0 spiro atoms. The number of halogens is 1. The van der Waals surface area contributed by atoms with Crippen LogP contribution in [-0.4, -0.2) is 38.7 Å². The van der Waals surface area contributed by atoms with Gasteiger partial charge < -0.3 is 19.5 Å². The Morgan fingerprint density at radius 2 is 2.03 bits per heavy atom. The van der Waals surface area contributed by atoms with Gasteiger partial charge in [-0.25, -0.2) is 0 Å². The molecular weight excluding hydrogens is 444 g/mol. The Morgan fingerprint density at radius 3 is 2.72 bits per heavy atom. The van der Waals surface area contributed by atoms with Crippen LogP contribution in [0.25, 0.3) is 5.69 Å². The number of aromatic nitrogens is 2. The fourth-order valence-corrected chi connectivity index (χ4v) is 4.85. The summed E-state index contributed by atoms with van der Waals surface area (Å²) in [6.45, 7) is 6.32. The number of rotatable bonds is 6. The van der Waals surface area contributed by atoms with Gasteiger partial charge in [0.15, 0.2) is 5.11 Å². The highest BCUT2D eigenvalue weighted by Gasteiger charge is 2.42. The molecule has 6 nitrogen and oxygen atoms in total. The smallest absolute Gasteiger partial charge is 0.325 e. The van der Waals surface area contributed by atoms with Gasteiger partial charge in [0.25, 0.3) is 0 Å². The molecule has 4 rings (SSSR count). The van der Waals surface area contributed by atoms with Crippen LogP contribution in [0.5, 0.6) is 0 Å². The van der Waals surface area contributed by atoms with E-state index >= 15 is 0 Å². The molecule has 166 valence electrons. The van der Waals surface area contributed by atoms with Crippen LogP contribution in [0, 0.1) is 13.8 Å². The zero-order valence-corrected chi connectivity index (χ0v) is 19.8. The van der Waals surface area contributed by atoms with Gasteiger partial charge in [-0.1, -0.05) is 23.7 Å². The van der Waals surface area contributed by atoms with Crippen LogP contribution in [0.1, 0.15) is 41.7 Å². The lowest BCUT2D eigenvalue weighted by atomic mass is 9.97. The van der Waals surface area contributed by atoms with Crippen molar-refractivity contribution in [2.45, 2.75) is 32.9 Å². The molecule has 0 aliphatic carbocycles. The minimum absolute atomic E-state index is 0.0640. The van der Waals surface area contributed by atoms with Gasteiger partial charge in [-0.3, -0.25) is 9.78 Å². The molecule has 8 heteroatoms. The van der Waals surface area contributed by atoms with Crippen LogP contribution in [0.4, 0.5) is 0 Å². The number of nitrogens with one attached hydrogen (secondary N) is 1. The molecule has 0 radical (unpaired) electrons. The van der Waals surface area contributed by atoms with Crippen LogP contribution < -0.4 is 5.32 Å². The molecule has 1 fully saturated rings. The third-order valence-corrected chi connectivity index (χ3v) is 6.25. The molecule has 1 aliphatic heterocycles. The number of hydrogen-bond donors (Lipinski definition) is 1. The Hall–Kier alpha value is -2.90. The average molecular weight is 469 g/mol. The second-order valence-corrected chi connectivity index (χ2v) is 8.52. The Bertz CT molecular complexity index is 1150. The largest absolute Gasteiger partial charge is 0.465 e. The number of aryl methyl sites for hydroxylation is 1. The van der Waals surface area contributed by atoms with Crippen molar-refractivity contribution in [2.24, 2.45) is 0 Å². The number of hydrogen-bond acceptors (Lipinski definition) is 4. The summed E-state index contributed by atoms with van der Waals surface area (Å²) >= 11 is 11.9. The Morgan fingerprint density at radius 1 is 1.22 bits per heavy atom. The number of ether oxygens (including phenoxy) is 1. The van der Waals surface area contributed by atoms with E-state index < -0.39 is 0 Å². The minimum Gasteiger partial charge on any atom is -0.465 e. The lowest BCUT2D eigenvalue weighted by molar-refractivity contribution is -0.143. The molecule has 0 amide bonds. The van der Waals surface area contributed by atoms with E-state index in [2.05, 4.69) is 34.8 Å². The highest BCUT2D eigenvalue weighted by Crippen LogP contribution is 2.41. The van der Waals surface area contributed by atoms with E-state index in [1.54, 1.807) is 13.1 Å². The summed E-state index contributed by atoms with van der Waals surface area (Å²) in [7, 11) is 0. The predicted molar refractivity (Wildman–Crippen MR) is 129 cm³/mol. The highest BCUT2D eigenvalue weighted by molar-refractivity contribution is 7.80. The first-order chi connectivity index (χ1) is 15.4. The van der Waals surface area contributed by atoms with E-state index in [0.717, 1.165) is 28.3 Å². The Balaban J connectivity index is 1.81. The molecule has 1 aliphatic rings. The first-order valence-corrected chi connectivity index (χ1v) is 11.3. The number of carbonyl (C=O) groups excluding carboxylic acids is 1. The van der Waals surface area contributed by atoms with Crippen molar-refractivity contribution in [2.75, 3.05) is 13.2 Å². The van der Waals surface area contributed by atoms with Crippen molar-refractivity contribution in [3.63, 3.8) is 0 Å². The van der Waals surface area contributed by atoms with Crippen molar-refractivity contribution in [1.82, 2.24) is 19.8 Å². The average Bonchev–Trinajstić information content (AvgIpc) is 3.24. The van der Waals surface area contributed by atoms with Gasteiger partial charge in [-0.05, 0) is 75.0 Å². The van der Waals surface area contributed by atoms with Crippen LogP contribution in [0.3, 0.4) is 0 Å². The van der Waals surface area contributed by atoms with Crippen LogP contribution in [0.2, 0.25) is 5.02 Å². The molecule has 0 bridgehead atoms. The molecule has 0 saturated carbocycles. The van der Waals surface area contributed by atoms with Crippen LogP contribution in [-0.2, 0) is 9.53 Å². The SMILES string of the molecule is CCOC(=O)CN1C(=S)NC(c2ccccn2)C1c1cc(C)n(-c2cccc(Cl)c2)c1C. The number of esters is 1. The quantitative estimate of drug-likeness (QED) is 0.418. The second kappa shape index (κ2) is 9.30. The van der Waals surface area contributed by atoms with Crippen molar-refractivity contribution in [1.29, 1.82) is 0 Å². The zero-order valence-electron chi connectivity index (χ0n) is 18.2. The summed E-state index contributed by atoms with van der Waals surface area (Å²) in [5.41, 5.74) is 5.02. The topological polar surface area (TPSA) is 59.4 Å². The van der Waals surface area contributed by atoms with Gasteiger partial charge in [0.05, 0.1) is 24.4 Å². The Labute approximate surface area is 198 Å². The van der Waals surface area contributed by atoms with E-state index in [0.29, 0.717) is 16.7 Å². The standard InChI is InChI=1S/C24H25ClN4O2S/c1-4-31-21(30)14-28-23(22(27-24(28)32)20-10-5-6-11-26-20)19-12-15(2)29(16(19)3)18-9-7-8-17(25)13-18/h5-13,22-23H,4,14H2,1-3H3,(H,27,32). The Kier molecular flexibility index (Phi) is 6.48. The minimum atomic E-state index is -0.313. The van der Waals surface area contributed by atoms with Gasteiger partial charge in [0.1, 0.15) is 6.54 Å². The van der Waals surface area contributed by atoms with Crippen molar-refractivity contribution < 1.29 is 9.53 Å². The fourth-order valence-electron chi connectivity index (χ4n) is 4.36. The maximum absolute atomic E-state index is 12.4. The molecular formula is C24H25ClN4O2S. The van der Waals surface area contributed by atoms with Gasteiger partial charge >= 0.3 is 5.97 Å². The third kappa shape index (κ3) is 4.23. The molecule has 2 atom stereocenters. The lowest BCUT2D eigenvalue weighted by Gasteiger charge is -2.27. The summed E-state index contributed by atoms with van der Waals surface area (Å²) < 4.78 is 7.38. The van der Waals surface area contributed by atoms with Crippen LogP contribution in [0.15, 0.2) is 54.7 Å². The molecule has 1 N–H and O–H groups in total. The summed E-state index contributed by atoms with van der Waals surface area (Å²) in [6, 6.07) is 15.3. The number of nitrogens with zero attached hydrogens (tertiary/aromatic N) is 3. The van der Waals surface area contributed by atoms with E-state index in [-0.39, 0.29) is 24.6 Å². The molecule has 1 saturated heterocycles. The van der Waals surface area contributed by atoms with Gasteiger partial charge in [-0.15, -0.1) is 0 Å². The number of thiocarbonyl (C=S) groups is 1. The monoisotopic (exact) mass is 468 g/mol. The van der Waals surface area contributed by atoms with E-state index in [1.807, 2.05) is 47.4 Å². The summed E-state index contributed by atoms with van der Waals surface area (Å²) in [6.07, 6.45) is 1.76. The normalized spacial score (nSPS) is 18.0. The number of benzene rings is 1. The van der Waals surface area contributed by atoms with Crippen molar-refractivity contribution in [3.8, 4) is 5.69 Å². The maximum atomic E-state index is 12.4. The van der Waals surface area contributed by atoms with E-state index in [1.165, 1.54) is 0 Å².